The monoisotopic (exact) mass is 401 g/mol. The Morgan fingerprint density at radius 1 is 1.32 bits per heavy atom. The Bertz CT molecular complexity index is 1090. The lowest BCUT2D eigenvalue weighted by atomic mass is 10.1. The maximum Gasteiger partial charge on any atom is 0.278 e. The average molecular weight is 401 g/mol. The van der Waals surface area contributed by atoms with E-state index in [0.717, 1.165) is 5.56 Å². The molecule has 1 saturated heterocycles. The molecule has 10 heteroatoms. The highest BCUT2D eigenvalue weighted by atomic mass is 32.2. The van der Waals surface area contributed by atoms with E-state index in [4.69, 9.17) is 4.74 Å². The fourth-order valence-electron chi connectivity index (χ4n) is 3.23. The van der Waals surface area contributed by atoms with Crippen LogP contribution in [0.3, 0.4) is 0 Å². The summed E-state index contributed by atoms with van der Waals surface area (Å²) < 4.78 is 30.7. The van der Waals surface area contributed by atoms with Crippen molar-refractivity contribution in [3.63, 3.8) is 0 Å². The summed E-state index contributed by atoms with van der Waals surface area (Å²) in [7, 11) is -1.52. The summed E-state index contributed by atoms with van der Waals surface area (Å²) in [4.78, 5) is 19.3. The van der Waals surface area contributed by atoms with Gasteiger partial charge in [-0.25, -0.2) is 13.4 Å². The maximum absolute atomic E-state index is 12.6. The van der Waals surface area contributed by atoms with E-state index in [9.17, 15) is 13.2 Å². The molecule has 1 atom stereocenters. The molecule has 1 fully saturated rings. The zero-order chi connectivity index (χ0) is 19.7. The van der Waals surface area contributed by atoms with E-state index in [1.807, 2.05) is 12.1 Å². The van der Waals surface area contributed by atoms with Crippen LogP contribution >= 0.6 is 0 Å². The van der Waals surface area contributed by atoms with Gasteiger partial charge in [-0.15, -0.1) is 0 Å². The van der Waals surface area contributed by atoms with Gasteiger partial charge in [-0.2, -0.15) is 5.10 Å². The Kier molecular flexibility index (Phi) is 4.63. The normalized spacial score (nSPS) is 18.1. The number of rotatable bonds is 5. The SMILES string of the molecule is COc1ccc(-c2cc(C(=O)Nc3ncc[nH]3)nn2[C@H]2CCS(=O)(=O)C2)cc1. The molecule has 3 heterocycles. The molecule has 1 amide bonds. The summed E-state index contributed by atoms with van der Waals surface area (Å²) in [6.45, 7) is 0. The van der Waals surface area contributed by atoms with Crippen molar-refractivity contribution in [3.8, 4) is 17.0 Å². The molecule has 146 valence electrons. The number of imidazole rings is 1. The summed E-state index contributed by atoms with van der Waals surface area (Å²) >= 11 is 0. The number of aromatic nitrogens is 4. The lowest BCUT2D eigenvalue weighted by Crippen LogP contribution is -2.17. The van der Waals surface area contributed by atoms with Gasteiger partial charge < -0.3 is 9.72 Å². The highest BCUT2D eigenvalue weighted by molar-refractivity contribution is 7.91. The van der Waals surface area contributed by atoms with E-state index >= 15 is 0 Å². The quantitative estimate of drug-likeness (QED) is 0.674. The Hall–Kier alpha value is -3.14. The fraction of sp³-hybridized carbons (Fsp3) is 0.278. The molecule has 0 unspecified atom stereocenters. The van der Waals surface area contributed by atoms with Gasteiger partial charge in [0.2, 0.25) is 5.95 Å². The van der Waals surface area contributed by atoms with E-state index in [1.54, 1.807) is 36.2 Å². The molecular weight excluding hydrogens is 382 g/mol. The highest BCUT2D eigenvalue weighted by Gasteiger charge is 2.32. The molecule has 3 aromatic rings. The van der Waals surface area contributed by atoms with E-state index in [0.29, 0.717) is 23.8 Å². The number of benzene rings is 1. The fourth-order valence-corrected chi connectivity index (χ4v) is 4.93. The number of hydrogen-bond donors (Lipinski definition) is 2. The number of anilines is 1. The Morgan fingerprint density at radius 3 is 2.71 bits per heavy atom. The average Bonchev–Trinajstić information content (AvgIpc) is 3.41. The summed E-state index contributed by atoms with van der Waals surface area (Å²) in [6, 6.07) is 8.66. The van der Waals surface area contributed by atoms with Gasteiger partial charge in [-0.3, -0.25) is 14.8 Å². The molecular formula is C18H19N5O4S. The van der Waals surface area contributed by atoms with E-state index in [2.05, 4.69) is 20.4 Å². The molecule has 4 rings (SSSR count). The van der Waals surface area contributed by atoms with Crippen molar-refractivity contribution in [1.82, 2.24) is 19.7 Å². The number of carbonyl (C=O) groups excluding carboxylic acids is 1. The number of nitrogens with zero attached hydrogens (tertiary/aromatic N) is 3. The summed E-state index contributed by atoms with van der Waals surface area (Å²) in [5.74, 6) is 0.720. The predicted octanol–water partition coefficient (Wildman–Crippen LogP) is 1.89. The van der Waals surface area contributed by atoms with Gasteiger partial charge in [0.1, 0.15) is 5.75 Å². The van der Waals surface area contributed by atoms with Crippen molar-refractivity contribution in [2.24, 2.45) is 0 Å². The third-order valence-electron chi connectivity index (χ3n) is 4.64. The smallest absolute Gasteiger partial charge is 0.278 e. The molecule has 0 spiro atoms. The number of carbonyl (C=O) groups is 1. The first kappa shape index (κ1) is 18.2. The van der Waals surface area contributed by atoms with Crippen LogP contribution in [0.4, 0.5) is 5.95 Å². The molecule has 2 N–H and O–H groups in total. The van der Waals surface area contributed by atoms with E-state index in [-0.39, 0.29) is 23.2 Å². The van der Waals surface area contributed by atoms with Crippen LogP contribution in [0, 0.1) is 0 Å². The second-order valence-electron chi connectivity index (χ2n) is 6.54. The third kappa shape index (κ3) is 3.63. The van der Waals surface area contributed by atoms with Crippen molar-refractivity contribution in [1.29, 1.82) is 0 Å². The van der Waals surface area contributed by atoms with Gasteiger partial charge in [-0.05, 0) is 36.8 Å². The molecule has 2 aromatic heterocycles. The number of H-pyrrole nitrogens is 1. The van der Waals surface area contributed by atoms with Gasteiger partial charge in [0.15, 0.2) is 15.5 Å². The van der Waals surface area contributed by atoms with Crippen LogP contribution in [-0.2, 0) is 9.84 Å². The molecule has 28 heavy (non-hydrogen) atoms. The van der Waals surface area contributed by atoms with E-state index in [1.165, 1.54) is 6.20 Å². The summed E-state index contributed by atoms with van der Waals surface area (Å²) in [5, 5.41) is 7.06. The summed E-state index contributed by atoms with van der Waals surface area (Å²) in [6.07, 6.45) is 3.59. The molecule has 0 saturated carbocycles. The van der Waals surface area contributed by atoms with Crippen LogP contribution < -0.4 is 10.1 Å². The van der Waals surface area contributed by atoms with Gasteiger partial charge >= 0.3 is 0 Å². The molecule has 1 aliphatic rings. The van der Waals surface area contributed by atoms with Gasteiger partial charge in [0.25, 0.3) is 5.91 Å². The second kappa shape index (κ2) is 7.12. The Balaban J connectivity index is 1.71. The van der Waals surface area contributed by atoms with Gasteiger partial charge in [-0.1, -0.05) is 0 Å². The number of amides is 1. The lowest BCUT2D eigenvalue weighted by Gasteiger charge is -2.13. The topological polar surface area (TPSA) is 119 Å². The number of methoxy groups -OCH3 is 1. The maximum atomic E-state index is 12.6. The minimum Gasteiger partial charge on any atom is -0.497 e. The first-order valence-electron chi connectivity index (χ1n) is 8.70. The first-order valence-corrected chi connectivity index (χ1v) is 10.5. The summed E-state index contributed by atoms with van der Waals surface area (Å²) in [5.41, 5.74) is 1.68. The number of hydrogen-bond acceptors (Lipinski definition) is 6. The minimum absolute atomic E-state index is 0.0110. The van der Waals surface area contributed by atoms with Gasteiger partial charge in [0, 0.05) is 18.0 Å². The standard InChI is InChI=1S/C18H19N5O4S/c1-27-14-4-2-12(3-5-14)16-10-15(17(24)21-18-19-7-8-20-18)22-23(16)13-6-9-28(25,26)11-13/h2-5,7-8,10,13H,6,9,11H2,1H3,(H2,19,20,21,24)/t13-/m0/s1. The van der Waals surface area contributed by atoms with E-state index < -0.39 is 15.7 Å². The van der Waals surface area contributed by atoms with Crippen molar-refractivity contribution < 1.29 is 17.9 Å². The van der Waals surface area contributed by atoms with Crippen molar-refractivity contribution in [3.05, 3.63) is 48.4 Å². The highest BCUT2D eigenvalue weighted by Crippen LogP contribution is 2.31. The number of nitrogens with one attached hydrogen (secondary N) is 2. The van der Waals surface area contributed by atoms with Gasteiger partial charge in [0.05, 0.1) is 30.4 Å². The molecule has 9 nitrogen and oxygen atoms in total. The minimum atomic E-state index is -3.10. The van der Waals surface area contributed by atoms with Crippen molar-refractivity contribution in [2.75, 3.05) is 23.9 Å². The van der Waals surface area contributed by atoms with Crippen molar-refractivity contribution in [2.45, 2.75) is 12.5 Å². The molecule has 0 bridgehead atoms. The van der Waals surface area contributed by atoms with Crippen LogP contribution in [0.25, 0.3) is 11.3 Å². The van der Waals surface area contributed by atoms with Crippen LogP contribution in [0.15, 0.2) is 42.7 Å². The number of sulfone groups is 1. The first-order chi connectivity index (χ1) is 13.4. The predicted molar refractivity (Wildman–Crippen MR) is 103 cm³/mol. The van der Waals surface area contributed by atoms with Crippen LogP contribution in [0.2, 0.25) is 0 Å². The van der Waals surface area contributed by atoms with Crippen LogP contribution in [0.1, 0.15) is 23.0 Å². The molecule has 1 aromatic carbocycles. The zero-order valence-corrected chi connectivity index (χ0v) is 15.9. The molecule has 0 aliphatic carbocycles. The molecule has 0 radical (unpaired) electrons. The van der Waals surface area contributed by atoms with Crippen molar-refractivity contribution >= 4 is 21.7 Å². The Labute approximate surface area is 161 Å². The number of ether oxygens (including phenoxy) is 1. The largest absolute Gasteiger partial charge is 0.497 e. The Morgan fingerprint density at radius 2 is 2.11 bits per heavy atom. The van der Waals surface area contributed by atoms with Crippen LogP contribution in [-0.4, -0.2) is 52.7 Å². The number of aromatic amines is 1. The van der Waals surface area contributed by atoms with Crippen LogP contribution in [0.5, 0.6) is 5.75 Å². The second-order valence-corrected chi connectivity index (χ2v) is 8.77. The zero-order valence-electron chi connectivity index (χ0n) is 15.1. The molecule has 1 aliphatic heterocycles. The lowest BCUT2D eigenvalue weighted by molar-refractivity contribution is 0.102. The third-order valence-corrected chi connectivity index (χ3v) is 6.39.